The molecule has 2 aromatic carbocycles. The van der Waals surface area contributed by atoms with Crippen molar-refractivity contribution >= 4 is 16.8 Å². The summed E-state index contributed by atoms with van der Waals surface area (Å²) < 4.78 is 12.2. The Morgan fingerprint density at radius 2 is 1.91 bits per heavy atom. The van der Waals surface area contributed by atoms with E-state index in [1.165, 1.54) is 6.26 Å². The van der Waals surface area contributed by atoms with E-state index >= 15 is 0 Å². The number of ether oxygens (including phenoxy) is 1. The minimum atomic E-state index is -0.506. The molecule has 0 N–H and O–H groups in total. The van der Waals surface area contributed by atoms with Gasteiger partial charge in [0, 0.05) is 20.3 Å². The molecule has 0 aliphatic heterocycles. The van der Waals surface area contributed by atoms with Gasteiger partial charge in [0.1, 0.15) is 5.82 Å². The highest BCUT2D eigenvalue weighted by molar-refractivity contribution is 5.91. The van der Waals surface area contributed by atoms with E-state index < -0.39 is 6.04 Å². The second-order valence-electron chi connectivity index (χ2n) is 8.39. The Kier molecular flexibility index (Phi) is 6.93. The normalized spacial score (nSPS) is 12.1. The van der Waals surface area contributed by atoms with Gasteiger partial charge in [-0.05, 0) is 74.7 Å². The van der Waals surface area contributed by atoms with Crippen molar-refractivity contribution in [3.05, 3.63) is 93.9 Å². The first-order chi connectivity index (χ1) is 16.4. The van der Waals surface area contributed by atoms with Gasteiger partial charge in [-0.2, -0.15) is 0 Å². The zero-order chi connectivity index (χ0) is 24.2. The smallest absolute Gasteiger partial charge is 0.290 e. The van der Waals surface area contributed by atoms with Crippen molar-refractivity contribution in [3.8, 4) is 5.69 Å². The van der Waals surface area contributed by atoms with E-state index in [1.54, 1.807) is 34.8 Å². The van der Waals surface area contributed by atoms with Crippen LogP contribution in [0.4, 0.5) is 0 Å². The van der Waals surface area contributed by atoms with Crippen molar-refractivity contribution in [2.75, 3.05) is 20.3 Å². The summed E-state index contributed by atoms with van der Waals surface area (Å²) in [7, 11) is 1.63. The number of benzene rings is 2. The summed E-state index contributed by atoms with van der Waals surface area (Å²) in [5.74, 6) is 0.469. The van der Waals surface area contributed by atoms with Crippen molar-refractivity contribution in [3.63, 3.8) is 0 Å². The maximum Gasteiger partial charge on any atom is 0.290 e. The molecule has 176 valence electrons. The molecule has 0 saturated carbocycles. The molecule has 4 aromatic rings. The summed E-state index contributed by atoms with van der Waals surface area (Å²) in [6, 6.07) is 16.0. The maximum absolute atomic E-state index is 13.7. The third kappa shape index (κ3) is 4.52. The lowest BCUT2D eigenvalue weighted by atomic mass is 10.1. The molecule has 34 heavy (non-hydrogen) atoms. The zero-order valence-corrected chi connectivity index (χ0v) is 19.9. The molecular formula is C27H29N3O4. The number of carbonyl (C=O) groups excluding carboxylic acids is 1. The van der Waals surface area contributed by atoms with Gasteiger partial charge in [0.15, 0.2) is 5.76 Å². The standard InChI is InChI=1S/C27H29N3O4/c1-18-12-13-21(17-19(18)2)30-25(28-23-10-6-5-9-22(23)26(30)31)20(3)29(14-8-15-33-4)27(32)24-11-7-16-34-24/h5-7,9-13,16-17,20H,8,14-15H2,1-4H3. The van der Waals surface area contributed by atoms with Gasteiger partial charge in [-0.25, -0.2) is 4.98 Å². The number of aryl methyl sites for hydroxylation is 2. The SMILES string of the molecule is COCCCN(C(=O)c1ccco1)C(C)c1nc2ccccc2c(=O)n1-c1ccc(C)c(C)c1. The monoisotopic (exact) mass is 459 g/mol. The lowest BCUT2D eigenvalue weighted by Gasteiger charge is -2.30. The van der Waals surface area contributed by atoms with E-state index in [1.807, 2.05) is 57.2 Å². The van der Waals surface area contributed by atoms with Gasteiger partial charge in [-0.15, -0.1) is 0 Å². The topological polar surface area (TPSA) is 77.6 Å². The number of amides is 1. The average Bonchev–Trinajstić information content (AvgIpc) is 3.38. The first kappa shape index (κ1) is 23.4. The molecule has 0 saturated heterocycles. The van der Waals surface area contributed by atoms with Crippen LogP contribution in [-0.4, -0.2) is 40.6 Å². The summed E-state index contributed by atoms with van der Waals surface area (Å²) >= 11 is 0. The van der Waals surface area contributed by atoms with Gasteiger partial charge >= 0.3 is 0 Å². The Labute approximate surface area is 198 Å². The molecule has 0 aliphatic rings. The fourth-order valence-electron chi connectivity index (χ4n) is 4.08. The van der Waals surface area contributed by atoms with Crippen LogP contribution < -0.4 is 5.56 Å². The van der Waals surface area contributed by atoms with Gasteiger partial charge in [-0.1, -0.05) is 18.2 Å². The highest BCUT2D eigenvalue weighted by Crippen LogP contribution is 2.25. The van der Waals surface area contributed by atoms with Crippen LogP contribution in [0.15, 0.2) is 70.1 Å². The van der Waals surface area contributed by atoms with E-state index in [0.29, 0.717) is 36.3 Å². The van der Waals surface area contributed by atoms with Gasteiger partial charge in [0.05, 0.1) is 28.9 Å². The van der Waals surface area contributed by atoms with E-state index in [9.17, 15) is 9.59 Å². The number of hydrogen-bond donors (Lipinski definition) is 0. The van der Waals surface area contributed by atoms with Crippen LogP contribution in [0.25, 0.3) is 16.6 Å². The molecule has 4 rings (SSSR count). The highest BCUT2D eigenvalue weighted by atomic mass is 16.5. The number of methoxy groups -OCH3 is 1. The molecule has 7 heteroatoms. The fourth-order valence-corrected chi connectivity index (χ4v) is 4.08. The molecule has 0 bridgehead atoms. The largest absolute Gasteiger partial charge is 0.459 e. The predicted molar refractivity (Wildman–Crippen MR) is 131 cm³/mol. The molecule has 7 nitrogen and oxygen atoms in total. The molecule has 2 heterocycles. The number of hydrogen-bond acceptors (Lipinski definition) is 5. The Balaban J connectivity index is 1.90. The van der Waals surface area contributed by atoms with Crippen molar-refractivity contribution < 1.29 is 13.9 Å². The molecule has 0 spiro atoms. The first-order valence-corrected chi connectivity index (χ1v) is 11.3. The lowest BCUT2D eigenvalue weighted by Crippen LogP contribution is -2.38. The number of para-hydroxylation sites is 1. The van der Waals surface area contributed by atoms with Gasteiger partial charge in [0.25, 0.3) is 11.5 Å². The van der Waals surface area contributed by atoms with E-state index in [2.05, 4.69) is 0 Å². The van der Waals surface area contributed by atoms with Crippen LogP contribution >= 0.6 is 0 Å². The van der Waals surface area contributed by atoms with Crippen LogP contribution in [0.5, 0.6) is 0 Å². The number of rotatable bonds is 8. The number of nitrogens with zero attached hydrogens (tertiary/aromatic N) is 3. The Morgan fingerprint density at radius 1 is 1.12 bits per heavy atom. The van der Waals surface area contributed by atoms with Crippen molar-refractivity contribution in [1.82, 2.24) is 14.5 Å². The van der Waals surface area contributed by atoms with Gasteiger partial charge < -0.3 is 14.1 Å². The summed E-state index contributed by atoms with van der Waals surface area (Å²) in [4.78, 5) is 33.7. The highest BCUT2D eigenvalue weighted by Gasteiger charge is 2.28. The molecule has 1 atom stereocenters. The summed E-state index contributed by atoms with van der Waals surface area (Å²) in [6.07, 6.45) is 2.11. The molecule has 2 aromatic heterocycles. The van der Waals surface area contributed by atoms with Crippen LogP contribution in [0.1, 0.15) is 46.9 Å². The maximum atomic E-state index is 13.7. The quantitative estimate of drug-likeness (QED) is 0.353. The Hall–Kier alpha value is -3.71. The van der Waals surface area contributed by atoms with Crippen molar-refractivity contribution in [1.29, 1.82) is 0 Å². The Morgan fingerprint density at radius 3 is 2.62 bits per heavy atom. The first-order valence-electron chi connectivity index (χ1n) is 11.3. The van der Waals surface area contributed by atoms with Crippen LogP contribution in [0, 0.1) is 13.8 Å². The molecule has 0 aliphatic carbocycles. The minimum Gasteiger partial charge on any atom is -0.459 e. The second kappa shape index (κ2) is 10.1. The molecule has 0 fully saturated rings. The predicted octanol–water partition coefficient (Wildman–Crippen LogP) is 4.84. The summed E-state index contributed by atoms with van der Waals surface area (Å²) in [5.41, 5.74) is 3.35. The Bertz CT molecular complexity index is 1360. The number of fused-ring (bicyclic) bond motifs is 1. The molecule has 0 radical (unpaired) electrons. The van der Waals surface area contributed by atoms with Crippen LogP contribution in [0.2, 0.25) is 0 Å². The number of aromatic nitrogens is 2. The summed E-state index contributed by atoms with van der Waals surface area (Å²) in [6.45, 7) is 6.86. The summed E-state index contributed by atoms with van der Waals surface area (Å²) in [5, 5.41) is 0.528. The zero-order valence-electron chi connectivity index (χ0n) is 19.9. The van der Waals surface area contributed by atoms with E-state index in [-0.39, 0.29) is 17.2 Å². The number of furan rings is 1. The number of carbonyl (C=O) groups is 1. The van der Waals surface area contributed by atoms with Crippen LogP contribution in [0.3, 0.4) is 0 Å². The van der Waals surface area contributed by atoms with Crippen molar-refractivity contribution in [2.24, 2.45) is 0 Å². The van der Waals surface area contributed by atoms with Crippen molar-refractivity contribution in [2.45, 2.75) is 33.2 Å². The molecule has 1 amide bonds. The van der Waals surface area contributed by atoms with E-state index in [0.717, 1.165) is 16.8 Å². The molecular weight excluding hydrogens is 430 g/mol. The third-order valence-corrected chi connectivity index (χ3v) is 6.13. The van der Waals surface area contributed by atoms with E-state index in [4.69, 9.17) is 14.1 Å². The fraction of sp³-hybridized carbons (Fsp3) is 0.296. The molecule has 1 unspecified atom stereocenters. The minimum absolute atomic E-state index is 0.169. The second-order valence-corrected chi connectivity index (χ2v) is 8.39. The third-order valence-electron chi connectivity index (χ3n) is 6.13. The average molecular weight is 460 g/mol. The van der Waals surface area contributed by atoms with Gasteiger partial charge in [0.2, 0.25) is 0 Å². The van der Waals surface area contributed by atoms with Crippen LogP contribution in [-0.2, 0) is 4.74 Å². The van der Waals surface area contributed by atoms with Gasteiger partial charge in [-0.3, -0.25) is 14.2 Å². The lowest BCUT2D eigenvalue weighted by molar-refractivity contribution is 0.0625.